The van der Waals surface area contributed by atoms with Gasteiger partial charge in [0, 0.05) is 24.9 Å². The van der Waals surface area contributed by atoms with Crippen LogP contribution in [0.5, 0.6) is 0 Å². The summed E-state index contributed by atoms with van der Waals surface area (Å²) in [4.78, 5) is 24.2. The van der Waals surface area contributed by atoms with Crippen molar-refractivity contribution in [3.8, 4) is 0 Å². The molecule has 2 aliphatic carbocycles. The van der Waals surface area contributed by atoms with E-state index in [0.29, 0.717) is 0 Å². The van der Waals surface area contributed by atoms with Gasteiger partial charge in [0.15, 0.2) is 0 Å². The van der Waals surface area contributed by atoms with Gasteiger partial charge in [0.25, 0.3) is 5.17 Å². The number of thiocarbonyl (C=S) groups is 1. The van der Waals surface area contributed by atoms with Crippen LogP contribution in [0.2, 0.25) is 0 Å². The van der Waals surface area contributed by atoms with E-state index in [9.17, 15) is 9.59 Å². The smallest absolute Gasteiger partial charge is 0.282 e. The molecule has 2 rings (SSSR count). The van der Waals surface area contributed by atoms with Gasteiger partial charge in [0.2, 0.25) is 17.7 Å². The highest BCUT2D eigenvalue weighted by molar-refractivity contribution is 7.80. The quantitative estimate of drug-likeness (QED) is 0.446. The van der Waals surface area contributed by atoms with Crippen LogP contribution in [0.4, 0.5) is 0 Å². The molecule has 23 heavy (non-hydrogen) atoms. The van der Waals surface area contributed by atoms with Crippen molar-refractivity contribution in [2.45, 2.75) is 39.5 Å². The van der Waals surface area contributed by atoms with Crippen LogP contribution in [0, 0.1) is 10.8 Å². The summed E-state index contributed by atoms with van der Waals surface area (Å²) in [6.45, 7) is 7.51. The largest absolute Gasteiger partial charge is 0.413 e. The number of nitrogens with one attached hydrogen (secondary N) is 2. The number of rotatable bonds is 5. The molecule has 0 heterocycles. The van der Waals surface area contributed by atoms with E-state index in [0.717, 1.165) is 25.7 Å². The minimum atomic E-state index is -0.293. The molecule has 0 atom stereocenters. The number of ether oxygens (including phenoxy) is 1. The summed E-state index contributed by atoms with van der Waals surface area (Å²) in [5.74, 6) is 0.0622. The molecule has 2 aliphatic rings. The normalized spacial score (nSPS) is 19.1. The van der Waals surface area contributed by atoms with Crippen molar-refractivity contribution in [3.63, 3.8) is 0 Å². The summed E-state index contributed by atoms with van der Waals surface area (Å²) < 4.78 is 5.29. The lowest BCUT2D eigenvalue weighted by molar-refractivity contribution is -0.137. The first-order chi connectivity index (χ1) is 10.6. The molecule has 8 heteroatoms. The van der Waals surface area contributed by atoms with Gasteiger partial charge in [0.1, 0.15) is 0 Å². The molecule has 0 saturated heterocycles. The van der Waals surface area contributed by atoms with Crippen molar-refractivity contribution < 1.29 is 14.3 Å². The average molecular weight is 340 g/mol. The van der Waals surface area contributed by atoms with Crippen molar-refractivity contribution in [1.82, 2.24) is 20.9 Å². The second kappa shape index (κ2) is 5.99. The fourth-order valence-electron chi connectivity index (χ4n) is 2.20. The molecule has 0 aliphatic heterocycles. The zero-order valence-electron chi connectivity index (χ0n) is 14.1. The molecule has 7 nitrogen and oxygen atoms in total. The Morgan fingerprint density at radius 3 is 1.78 bits per heavy atom. The van der Waals surface area contributed by atoms with E-state index in [1.54, 1.807) is 14.1 Å². The van der Waals surface area contributed by atoms with Crippen LogP contribution < -0.4 is 10.9 Å². The van der Waals surface area contributed by atoms with Crippen LogP contribution >= 0.6 is 12.2 Å². The fourth-order valence-corrected chi connectivity index (χ4v) is 2.43. The number of hydrogen-bond donors (Lipinski definition) is 2. The van der Waals surface area contributed by atoms with Crippen LogP contribution in [-0.2, 0) is 14.3 Å². The second-order valence-electron chi connectivity index (χ2n) is 6.89. The first kappa shape index (κ1) is 17.5. The lowest BCUT2D eigenvalue weighted by Crippen LogP contribution is -2.47. The molecule has 2 amide bonds. The fraction of sp³-hybridized carbons (Fsp3) is 0.667. The molecule has 0 aromatic rings. The standard InChI is InChI=1S/C15H24N4O3S/c1-10(16-18(4)11(20)14(2)6-7-14)22-13(23)17-19(5)12(21)15(3)8-9-15/h16H,1,6-9H2,2-5H3,(H,17,23). The predicted molar refractivity (Wildman–Crippen MR) is 89.3 cm³/mol. The Kier molecular flexibility index (Phi) is 4.57. The van der Waals surface area contributed by atoms with Gasteiger partial charge >= 0.3 is 0 Å². The Morgan fingerprint density at radius 2 is 1.39 bits per heavy atom. The maximum atomic E-state index is 12.1. The van der Waals surface area contributed by atoms with E-state index >= 15 is 0 Å². The topological polar surface area (TPSA) is 73.9 Å². The van der Waals surface area contributed by atoms with Crippen molar-refractivity contribution in [1.29, 1.82) is 0 Å². The van der Waals surface area contributed by atoms with Crippen LogP contribution in [0.25, 0.3) is 0 Å². The Hall–Kier alpha value is -1.83. The molecule has 0 aromatic carbocycles. The number of amides is 2. The summed E-state index contributed by atoms with van der Waals surface area (Å²) in [5.41, 5.74) is 4.85. The van der Waals surface area contributed by atoms with Gasteiger partial charge in [-0.2, -0.15) is 0 Å². The molecule has 2 saturated carbocycles. The average Bonchev–Trinajstić information content (AvgIpc) is 3.37. The predicted octanol–water partition coefficient (Wildman–Crippen LogP) is 1.29. The van der Waals surface area contributed by atoms with Gasteiger partial charge in [0.05, 0.1) is 0 Å². The van der Waals surface area contributed by atoms with Gasteiger partial charge in [-0.3, -0.25) is 30.5 Å². The molecular formula is C15H24N4O3S. The monoisotopic (exact) mass is 340 g/mol. The van der Waals surface area contributed by atoms with Crippen molar-refractivity contribution in [2.24, 2.45) is 10.8 Å². The number of carbonyl (C=O) groups excluding carboxylic acids is 2. The molecule has 0 aromatic heterocycles. The lowest BCUT2D eigenvalue weighted by atomic mass is 10.1. The maximum Gasteiger partial charge on any atom is 0.282 e. The van der Waals surface area contributed by atoms with Crippen LogP contribution in [0.3, 0.4) is 0 Å². The van der Waals surface area contributed by atoms with E-state index in [4.69, 9.17) is 17.0 Å². The highest BCUT2D eigenvalue weighted by Gasteiger charge is 2.47. The minimum absolute atomic E-state index is 0.0129. The highest BCUT2D eigenvalue weighted by Crippen LogP contribution is 2.46. The van der Waals surface area contributed by atoms with Gasteiger partial charge in [-0.1, -0.05) is 13.8 Å². The van der Waals surface area contributed by atoms with Crippen molar-refractivity contribution in [2.75, 3.05) is 14.1 Å². The second-order valence-corrected chi connectivity index (χ2v) is 7.26. The Bertz CT molecular complexity index is 507. The summed E-state index contributed by atoms with van der Waals surface area (Å²) in [5, 5.41) is 2.65. The van der Waals surface area contributed by atoms with E-state index in [1.165, 1.54) is 10.0 Å². The van der Waals surface area contributed by atoms with E-state index in [1.807, 2.05) is 13.8 Å². The number of hydrazine groups is 2. The third-order valence-electron chi connectivity index (χ3n) is 4.41. The molecule has 0 bridgehead atoms. The molecule has 0 radical (unpaired) electrons. The van der Waals surface area contributed by atoms with Gasteiger partial charge < -0.3 is 4.74 Å². The van der Waals surface area contributed by atoms with E-state index in [2.05, 4.69) is 17.4 Å². The summed E-state index contributed by atoms with van der Waals surface area (Å²) in [6, 6.07) is 0. The van der Waals surface area contributed by atoms with Gasteiger partial charge in [-0.05, 0) is 44.5 Å². The number of carbonyl (C=O) groups is 2. The molecule has 0 spiro atoms. The minimum Gasteiger partial charge on any atom is -0.413 e. The summed E-state index contributed by atoms with van der Waals surface area (Å²) in [6.07, 6.45) is 3.53. The Morgan fingerprint density at radius 1 is 1.00 bits per heavy atom. The molecule has 2 N–H and O–H groups in total. The maximum absolute atomic E-state index is 12.1. The Labute approximate surface area is 142 Å². The zero-order chi connectivity index (χ0) is 17.4. The molecule has 2 fully saturated rings. The number of nitrogens with zero attached hydrogens (tertiary/aromatic N) is 2. The van der Waals surface area contributed by atoms with Gasteiger partial charge in [-0.15, -0.1) is 0 Å². The van der Waals surface area contributed by atoms with E-state index in [-0.39, 0.29) is 33.7 Å². The van der Waals surface area contributed by atoms with Crippen molar-refractivity contribution in [3.05, 3.63) is 12.5 Å². The lowest BCUT2D eigenvalue weighted by Gasteiger charge is -2.25. The molecule has 0 unspecified atom stereocenters. The first-order valence-corrected chi connectivity index (χ1v) is 7.99. The summed E-state index contributed by atoms with van der Waals surface area (Å²) >= 11 is 5.04. The van der Waals surface area contributed by atoms with E-state index < -0.39 is 0 Å². The molecular weight excluding hydrogens is 316 g/mol. The first-order valence-electron chi connectivity index (χ1n) is 7.58. The highest BCUT2D eigenvalue weighted by atomic mass is 32.1. The zero-order valence-corrected chi connectivity index (χ0v) is 14.9. The summed E-state index contributed by atoms with van der Waals surface area (Å²) in [7, 11) is 3.21. The Balaban J connectivity index is 1.75. The SMILES string of the molecule is C=C(NN(C)C(=O)C1(C)CC1)OC(=S)NN(C)C(=O)C1(C)CC1. The van der Waals surface area contributed by atoms with Crippen LogP contribution in [0.1, 0.15) is 39.5 Å². The third-order valence-corrected chi connectivity index (χ3v) is 4.58. The third kappa shape index (κ3) is 4.13. The van der Waals surface area contributed by atoms with Crippen LogP contribution in [0.15, 0.2) is 12.5 Å². The van der Waals surface area contributed by atoms with Gasteiger partial charge in [-0.25, -0.2) is 0 Å². The van der Waals surface area contributed by atoms with Crippen LogP contribution in [-0.4, -0.2) is 41.1 Å². The molecule has 128 valence electrons. The van der Waals surface area contributed by atoms with Crippen molar-refractivity contribution >= 4 is 29.2 Å². The number of hydrogen-bond acceptors (Lipinski definition) is 5.